The summed E-state index contributed by atoms with van der Waals surface area (Å²) in [6.45, 7) is 1.46. The minimum absolute atomic E-state index is 0.278. The first-order chi connectivity index (χ1) is 15.4. The molecule has 0 saturated heterocycles. The highest BCUT2D eigenvalue weighted by Gasteiger charge is 2.29. The molecule has 0 spiro atoms. The van der Waals surface area contributed by atoms with E-state index in [1.165, 1.54) is 22.0 Å². The third kappa shape index (κ3) is 5.26. The van der Waals surface area contributed by atoms with E-state index < -0.39 is 10.2 Å². The van der Waals surface area contributed by atoms with Crippen LogP contribution in [0.3, 0.4) is 0 Å². The molecule has 32 heavy (non-hydrogen) atoms. The summed E-state index contributed by atoms with van der Waals surface area (Å²) in [6, 6.07) is 16.4. The monoisotopic (exact) mass is 456 g/mol. The highest BCUT2D eigenvalue weighted by atomic mass is 32.2. The van der Waals surface area contributed by atoms with Gasteiger partial charge in [0.1, 0.15) is 5.82 Å². The van der Waals surface area contributed by atoms with Crippen molar-refractivity contribution in [2.24, 2.45) is 0 Å². The summed E-state index contributed by atoms with van der Waals surface area (Å²) in [4.78, 5) is 0. The van der Waals surface area contributed by atoms with Crippen LogP contribution in [0.15, 0.2) is 54.6 Å². The minimum atomic E-state index is -3.46. The van der Waals surface area contributed by atoms with Crippen molar-refractivity contribution in [1.82, 2.24) is 18.8 Å². The number of nitrogens with zero attached hydrogens (tertiary/aromatic N) is 3. The molecule has 1 aliphatic heterocycles. The van der Waals surface area contributed by atoms with E-state index >= 15 is 0 Å². The first kappa shape index (κ1) is 22.6. The summed E-state index contributed by atoms with van der Waals surface area (Å²) in [5, 5.41) is 7.28. The number of halogens is 1. The molecule has 0 atom stereocenters. The van der Waals surface area contributed by atoms with Gasteiger partial charge in [-0.05, 0) is 55.0 Å². The van der Waals surface area contributed by atoms with Crippen molar-refractivity contribution < 1.29 is 12.8 Å². The third-order valence-corrected chi connectivity index (χ3v) is 7.92. The molecule has 6 nitrogen and oxygen atoms in total. The molecule has 2 heterocycles. The Morgan fingerprint density at radius 3 is 2.69 bits per heavy atom. The number of rotatable bonds is 9. The Morgan fingerprint density at radius 2 is 1.88 bits per heavy atom. The van der Waals surface area contributed by atoms with Crippen LogP contribution in [0, 0.1) is 5.82 Å². The molecule has 0 aliphatic carbocycles. The largest absolute Gasteiger partial charge is 0.282 e. The lowest BCUT2D eigenvalue weighted by molar-refractivity contribution is 0.341. The number of aromatic amines is 1. The Hall–Kier alpha value is -2.55. The molecule has 8 heteroatoms. The van der Waals surface area contributed by atoms with Crippen molar-refractivity contribution >= 4 is 10.2 Å². The molecule has 3 aromatic rings. The zero-order valence-electron chi connectivity index (χ0n) is 18.3. The van der Waals surface area contributed by atoms with Crippen LogP contribution in [0.25, 0.3) is 11.3 Å². The number of hydrogen-bond acceptors (Lipinski definition) is 3. The molecule has 0 unspecified atom stereocenters. The number of nitrogens with one attached hydrogen (secondary N) is 1. The molecule has 170 valence electrons. The number of H-pyrrole nitrogens is 1. The van der Waals surface area contributed by atoms with Crippen LogP contribution in [0.1, 0.15) is 36.1 Å². The fourth-order valence-corrected chi connectivity index (χ4v) is 5.47. The van der Waals surface area contributed by atoms with E-state index in [4.69, 9.17) is 0 Å². The van der Waals surface area contributed by atoms with E-state index in [1.807, 2.05) is 30.3 Å². The van der Waals surface area contributed by atoms with Crippen molar-refractivity contribution in [3.63, 3.8) is 0 Å². The highest BCUT2D eigenvalue weighted by Crippen LogP contribution is 2.23. The number of aryl methyl sites for hydroxylation is 1. The zero-order chi connectivity index (χ0) is 22.6. The SMILES string of the molecule is CN(CCCCCc1cc(-c2cccc(F)c2)n[nH]1)S(=O)(=O)N1CCc2ccccc2C1. The number of aromatic nitrogens is 2. The molecular formula is C24H29FN4O2S. The van der Waals surface area contributed by atoms with Crippen molar-refractivity contribution in [2.75, 3.05) is 20.1 Å². The normalized spacial score (nSPS) is 14.6. The average Bonchev–Trinajstić information content (AvgIpc) is 3.27. The van der Waals surface area contributed by atoms with Gasteiger partial charge in [-0.3, -0.25) is 5.10 Å². The van der Waals surface area contributed by atoms with Crippen LogP contribution in [-0.4, -0.2) is 47.4 Å². The molecule has 0 radical (unpaired) electrons. The highest BCUT2D eigenvalue weighted by molar-refractivity contribution is 7.86. The van der Waals surface area contributed by atoms with Gasteiger partial charge < -0.3 is 0 Å². The lowest BCUT2D eigenvalue weighted by atomic mass is 10.0. The Labute approximate surface area is 189 Å². The summed E-state index contributed by atoms with van der Waals surface area (Å²) in [7, 11) is -1.79. The van der Waals surface area contributed by atoms with Crippen molar-refractivity contribution in [3.8, 4) is 11.3 Å². The molecule has 1 aromatic heterocycles. The van der Waals surface area contributed by atoms with Gasteiger partial charge in [0.05, 0.1) is 5.69 Å². The number of hydrogen-bond donors (Lipinski definition) is 1. The molecule has 1 N–H and O–H groups in total. The van der Waals surface area contributed by atoms with Gasteiger partial charge in [-0.2, -0.15) is 22.1 Å². The van der Waals surface area contributed by atoms with Gasteiger partial charge in [0.15, 0.2) is 0 Å². The minimum Gasteiger partial charge on any atom is -0.282 e. The number of fused-ring (bicyclic) bond motifs is 1. The fourth-order valence-electron chi connectivity index (χ4n) is 4.09. The summed E-state index contributed by atoms with van der Waals surface area (Å²) in [5.74, 6) is -0.278. The van der Waals surface area contributed by atoms with Gasteiger partial charge in [0.25, 0.3) is 10.2 Å². The Kier molecular flexibility index (Phi) is 7.03. The Bertz CT molecular complexity index is 1160. The van der Waals surface area contributed by atoms with Crippen LogP contribution < -0.4 is 0 Å². The van der Waals surface area contributed by atoms with Gasteiger partial charge in [0.2, 0.25) is 0 Å². The van der Waals surface area contributed by atoms with E-state index in [2.05, 4.69) is 16.3 Å². The zero-order valence-corrected chi connectivity index (χ0v) is 19.1. The Balaban J connectivity index is 1.22. The maximum atomic E-state index is 13.4. The summed E-state index contributed by atoms with van der Waals surface area (Å²) in [6.07, 6.45) is 4.21. The van der Waals surface area contributed by atoms with E-state index in [0.717, 1.165) is 54.6 Å². The van der Waals surface area contributed by atoms with Crippen molar-refractivity contribution in [3.05, 3.63) is 77.2 Å². The van der Waals surface area contributed by atoms with Crippen LogP contribution in [0.2, 0.25) is 0 Å². The summed E-state index contributed by atoms with van der Waals surface area (Å²) in [5.41, 5.74) is 4.80. The van der Waals surface area contributed by atoms with Crippen LogP contribution >= 0.6 is 0 Å². The van der Waals surface area contributed by atoms with Crippen LogP contribution in [0.5, 0.6) is 0 Å². The maximum absolute atomic E-state index is 13.4. The van der Waals surface area contributed by atoms with E-state index in [0.29, 0.717) is 19.6 Å². The van der Waals surface area contributed by atoms with Crippen molar-refractivity contribution in [1.29, 1.82) is 0 Å². The van der Waals surface area contributed by atoms with E-state index in [-0.39, 0.29) is 5.82 Å². The topological polar surface area (TPSA) is 69.3 Å². The maximum Gasteiger partial charge on any atom is 0.282 e. The lowest BCUT2D eigenvalue weighted by Crippen LogP contribution is -2.44. The first-order valence-electron chi connectivity index (χ1n) is 11.0. The van der Waals surface area contributed by atoms with Crippen LogP contribution in [-0.2, 0) is 29.6 Å². The summed E-state index contributed by atoms with van der Waals surface area (Å²) >= 11 is 0. The lowest BCUT2D eigenvalue weighted by Gasteiger charge is -2.31. The molecule has 4 rings (SSSR count). The summed E-state index contributed by atoms with van der Waals surface area (Å²) < 4.78 is 42.3. The first-order valence-corrected chi connectivity index (χ1v) is 12.4. The third-order valence-electron chi connectivity index (χ3n) is 5.99. The second kappa shape index (κ2) is 9.94. The molecule has 0 fully saturated rings. The van der Waals surface area contributed by atoms with E-state index in [1.54, 1.807) is 17.4 Å². The van der Waals surface area contributed by atoms with Gasteiger partial charge in [-0.25, -0.2) is 4.39 Å². The van der Waals surface area contributed by atoms with Gasteiger partial charge in [-0.1, -0.05) is 42.8 Å². The second-order valence-corrected chi connectivity index (χ2v) is 10.3. The smallest absolute Gasteiger partial charge is 0.282 e. The molecule has 0 saturated carbocycles. The molecule has 0 amide bonds. The quantitative estimate of drug-likeness (QED) is 0.492. The molecule has 1 aliphatic rings. The number of unbranched alkanes of at least 4 members (excludes halogenated alkanes) is 2. The fraction of sp³-hybridized carbons (Fsp3) is 0.375. The Morgan fingerprint density at radius 1 is 1.06 bits per heavy atom. The predicted molar refractivity (Wildman–Crippen MR) is 124 cm³/mol. The predicted octanol–water partition coefficient (Wildman–Crippen LogP) is 4.16. The molecule has 2 aromatic carbocycles. The second-order valence-electron chi connectivity index (χ2n) is 8.28. The number of benzene rings is 2. The van der Waals surface area contributed by atoms with Gasteiger partial charge >= 0.3 is 0 Å². The van der Waals surface area contributed by atoms with Gasteiger partial charge in [0, 0.05) is 37.9 Å². The molecular weight excluding hydrogens is 427 g/mol. The van der Waals surface area contributed by atoms with Crippen LogP contribution in [0.4, 0.5) is 4.39 Å². The average molecular weight is 457 g/mol. The standard InChI is InChI=1S/C24H29FN4O2S/c1-28(32(30,31)29-15-13-19-8-4-5-9-21(19)18-29)14-6-2-3-12-23-17-24(27-26-23)20-10-7-11-22(25)16-20/h4-5,7-11,16-17H,2-3,6,12-15,18H2,1H3,(H,26,27). The van der Waals surface area contributed by atoms with Gasteiger partial charge in [-0.15, -0.1) is 0 Å². The molecule has 0 bridgehead atoms. The van der Waals surface area contributed by atoms with E-state index in [9.17, 15) is 12.8 Å². The van der Waals surface area contributed by atoms with Crippen molar-refractivity contribution in [2.45, 2.75) is 38.6 Å².